The van der Waals surface area contributed by atoms with E-state index in [9.17, 15) is 4.79 Å². The molecule has 0 heterocycles. The van der Waals surface area contributed by atoms with E-state index in [-0.39, 0.29) is 65.0 Å². The van der Waals surface area contributed by atoms with Crippen LogP contribution in [0.3, 0.4) is 0 Å². The van der Waals surface area contributed by atoms with Gasteiger partial charge in [-0.15, -0.1) is 0 Å². The molecule has 0 spiro atoms. The summed E-state index contributed by atoms with van der Waals surface area (Å²) in [6, 6.07) is 1.72. The minimum Gasteiger partial charge on any atom is -1.00 e. The van der Waals surface area contributed by atoms with Gasteiger partial charge < -0.3 is 1.43 Å². The summed E-state index contributed by atoms with van der Waals surface area (Å²) in [6.45, 7) is 1.39. The Bertz CT molecular complexity index is 98.7. The number of nitriles is 1. The van der Waals surface area contributed by atoms with Gasteiger partial charge in [0.1, 0.15) is 5.78 Å². The molecular weight excluding hydrogens is 117 g/mol. The second-order valence-electron chi connectivity index (χ2n) is 1.04. The van der Waals surface area contributed by atoms with Crippen LogP contribution in [0.4, 0.5) is 0 Å². The minimum atomic E-state index is -0.0718. The van der Waals surface area contributed by atoms with Gasteiger partial charge in [-0.25, -0.2) is 0 Å². The van der Waals surface area contributed by atoms with Gasteiger partial charge in [0.2, 0.25) is 0 Å². The molecule has 0 radical (unpaired) electrons. The quantitative estimate of drug-likeness (QED) is 0.365. The average molecular weight is 123 g/mol. The van der Waals surface area contributed by atoms with Crippen LogP contribution in [0.5, 0.6) is 0 Å². The van der Waals surface area contributed by atoms with Crippen molar-refractivity contribution in [3.05, 3.63) is 0 Å². The summed E-state index contributed by atoms with van der Waals surface area (Å²) in [5, 5.41) is 7.77. The van der Waals surface area contributed by atoms with E-state index < -0.39 is 0 Å². The van der Waals surface area contributed by atoms with E-state index in [0.29, 0.717) is 0 Å². The van der Waals surface area contributed by atoms with Crippen LogP contribution in [0.25, 0.3) is 0 Å². The number of nitrogens with zero attached hydrogens (tertiary/aromatic N) is 1. The molecule has 0 aliphatic carbocycles. The third-order valence-electron chi connectivity index (χ3n) is 0.328. The molecule has 0 aromatic heterocycles. The topological polar surface area (TPSA) is 40.9 Å². The summed E-state index contributed by atoms with van der Waals surface area (Å²) in [6.07, 6.45) is 0.0417. The van der Waals surface area contributed by atoms with E-state index in [1.165, 1.54) is 6.92 Å². The van der Waals surface area contributed by atoms with E-state index in [0.717, 1.165) is 0 Å². The Morgan fingerprint density at radius 1 is 2.00 bits per heavy atom. The fraction of sp³-hybridized carbons (Fsp3) is 0.500. The summed E-state index contributed by atoms with van der Waals surface area (Å²) in [4.78, 5) is 9.82. The van der Waals surface area contributed by atoms with Crippen LogP contribution >= 0.6 is 0 Å². The van der Waals surface area contributed by atoms with Gasteiger partial charge in [0, 0.05) is 0 Å². The SMILES string of the molecule is CC(=O)CC#N.[H-].[K+]. The Morgan fingerprint density at radius 3 is 2.43 bits per heavy atom. The van der Waals surface area contributed by atoms with Crippen LogP contribution in [-0.4, -0.2) is 5.78 Å². The molecule has 3 heteroatoms. The first-order chi connectivity index (χ1) is 2.77. The number of rotatable bonds is 1. The first-order valence-corrected chi connectivity index (χ1v) is 1.63. The zero-order chi connectivity index (χ0) is 4.99. The molecule has 2 nitrogen and oxygen atoms in total. The van der Waals surface area contributed by atoms with E-state index in [1.807, 2.05) is 0 Å². The van der Waals surface area contributed by atoms with E-state index in [4.69, 9.17) is 5.26 Å². The second kappa shape index (κ2) is 6.80. The summed E-state index contributed by atoms with van der Waals surface area (Å²) < 4.78 is 0. The average Bonchev–Trinajstić information content (AvgIpc) is 1.35. The van der Waals surface area contributed by atoms with Crippen LogP contribution in [0, 0.1) is 11.3 Å². The number of hydrogen-bond acceptors (Lipinski definition) is 2. The smallest absolute Gasteiger partial charge is 1.00 e. The van der Waals surface area contributed by atoms with Crippen molar-refractivity contribution < 1.29 is 57.6 Å². The summed E-state index contributed by atoms with van der Waals surface area (Å²) >= 11 is 0. The van der Waals surface area contributed by atoms with Crippen LogP contribution in [0.15, 0.2) is 0 Å². The third-order valence-corrected chi connectivity index (χ3v) is 0.328. The molecule has 0 saturated heterocycles. The number of Topliss-reactive ketones (excluding diaryl/α,β-unsaturated/α-hetero) is 1. The van der Waals surface area contributed by atoms with E-state index >= 15 is 0 Å². The maximum atomic E-state index is 9.82. The molecule has 0 aromatic rings. The van der Waals surface area contributed by atoms with Gasteiger partial charge in [0.25, 0.3) is 0 Å². The fourth-order valence-electron chi connectivity index (χ4n) is 0.111. The normalized spacial score (nSPS) is 5.71. The molecule has 0 aliphatic rings. The Hall–Kier alpha value is 0.796. The fourth-order valence-corrected chi connectivity index (χ4v) is 0.111. The maximum absolute atomic E-state index is 9.82. The summed E-state index contributed by atoms with van der Waals surface area (Å²) in [5.74, 6) is -0.0718. The Kier molecular flexibility index (Phi) is 10.4. The molecule has 0 amide bonds. The minimum absolute atomic E-state index is 0. The molecule has 0 N–H and O–H groups in total. The molecule has 0 saturated carbocycles. The molecular formula is C4H6KNO. The molecule has 0 fully saturated rings. The first kappa shape index (κ1) is 10.7. The van der Waals surface area contributed by atoms with Gasteiger partial charge in [0.05, 0.1) is 12.5 Å². The Balaban J connectivity index is -0.000000125. The number of hydrogen-bond donors (Lipinski definition) is 0. The number of ketones is 1. The van der Waals surface area contributed by atoms with Gasteiger partial charge in [0.15, 0.2) is 0 Å². The predicted molar refractivity (Wildman–Crippen MR) is 22.0 cm³/mol. The van der Waals surface area contributed by atoms with Crippen molar-refractivity contribution in [2.45, 2.75) is 13.3 Å². The van der Waals surface area contributed by atoms with E-state index in [1.54, 1.807) is 6.07 Å². The molecule has 34 valence electrons. The molecule has 7 heavy (non-hydrogen) atoms. The van der Waals surface area contributed by atoms with Crippen LogP contribution in [0.1, 0.15) is 14.8 Å². The maximum Gasteiger partial charge on any atom is 1.00 e. The van der Waals surface area contributed by atoms with Crippen LogP contribution < -0.4 is 51.4 Å². The predicted octanol–water partition coefficient (Wildman–Crippen LogP) is -2.39. The Morgan fingerprint density at radius 2 is 2.43 bits per heavy atom. The van der Waals surface area contributed by atoms with Gasteiger partial charge in [-0.2, -0.15) is 5.26 Å². The van der Waals surface area contributed by atoms with Crippen molar-refractivity contribution in [2.24, 2.45) is 0 Å². The molecule has 0 aromatic carbocycles. The first-order valence-electron chi connectivity index (χ1n) is 1.63. The van der Waals surface area contributed by atoms with Crippen molar-refractivity contribution in [3.8, 4) is 6.07 Å². The van der Waals surface area contributed by atoms with Crippen LogP contribution in [-0.2, 0) is 4.79 Å². The zero-order valence-electron chi connectivity index (χ0n) is 5.56. The summed E-state index contributed by atoms with van der Waals surface area (Å²) in [5.41, 5.74) is 0. The van der Waals surface area contributed by atoms with Crippen LogP contribution in [0.2, 0.25) is 0 Å². The summed E-state index contributed by atoms with van der Waals surface area (Å²) in [7, 11) is 0. The standard InChI is InChI=1S/C4H5NO.K.H/c1-4(6)2-3-5;;/h2H2,1H3;;/q;+1;-1. The molecule has 0 rings (SSSR count). The number of carbonyl (C=O) groups is 1. The molecule has 0 bridgehead atoms. The monoisotopic (exact) mass is 123 g/mol. The Labute approximate surface area is 86.8 Å². The van der Waals surface area contributed by atoms with E-state index in [2.05, 4.69) is 0 Å². The van der Waals surface area contributed by atoms with Crippen molar-refractivity contribution >= 4 is 5.78 Å². The third kappa shape index (κ3) is 10.8. The van der Waals surface area contributed by atoms with Gasteiger partial charge in [-0.05, 0) is 6.92 Å². The van der Waals surface area contributed by atoms with Crippen molar-refractivity contribution in [1.29, 1.82) is 5.26 Å². The van der Waals surface area contributed by atoms with Crippen molar-refractivity contribution in [2.75, 3.05) is 0 Å². The second-order valence-corrected chi connectivity index (χ2v) is 1.04. The molecule has 0 aliphatic heterocycles. The molecule has 0 unspecified atom stereocenters. The van der Waals surface area contributed by atoms with Crippen molar-refractivity contribution in [3.63, 3.8) is 0 Å². The van der Waals surface area contributed by atoms with Crippen molar-refractivity contribution in [1.82, 2.24) is 0 Å². The largest absolute Gasteiger partial charge is 1.00 e. The number of carbonyl (C=O) groups excluding carboxylic acids is 1. The molecule has 0 atom stereocenters. The van der Waals surface area contributed by atoms with Gasteiger partial charge in [-0.1, -0.05) is 0 Å². The zero-order valence-corrected chi connectivity index (χ0v) is 7.69. The van der Waals surface area contributed by atoms with Gasteiger partial charge in [-0.3, -0.25) is 4.79 Å². The van der Waals surface area contributed by atoms with Gasteiger partial charge >= 0.3 is 51.4 Å².